The number of likely N-dealkylation sites (N-methyl/N-ethyl adjacent to an activating group) is 2. The third kappa shape index (κ3) is 3.14. The molecule has 3 heteroatoms. The van der Waals surface area contributed by atoms with Crippen LogP contribution in [0.3, 0.4) is 0 Å². The first-order valence-corrected chi connectivity index (χ1v) is 7.92. The molecule has 0 bridgehead atoms. The predicted octanol–water partition coefficient (Wildman–Crippen LogP) is 2.92. The second kappa shape index (κ2) is 6.76. The Morgan fingerprint density at radius 1 is 1.26 bits per heavy atom. The standard InChI is InChI=1S/C16H30N2O/c1-4-17-15(14-9-8-12-19-13-14)16(18(2)3)10-6-5-7-11-16/h13,15,17H,4-12H2,1-3H3. The highest BCUT2D eigenvalue weighted by Gasteiger charge is 2.43. The average molecular weight is 266 g/mol. The molecule has 19 heavy (non-hydrogen) atoms. The van der Waals surface area contributed by atoms with E-state index in [1.807, 2.05) is 6.26 Å². The van der Waals surface area contributed by atoms with Crippen LogP contribution in [0, 0.1) is 0 Å². The van der Waals surface area contributed by atoms with Crippen LogP contribution in [0.4, 0.5) is 0 Å². The van der Waals surface area contributed by atoms with Crippen LogP contribution in [0.25, 0.3) is 0 Å². The Hall–Kier alpha value is -0.540. The van der Waals surface area contributed by atoms with Crippen molar-refractivity contribution in [1.82, 2.24) is 10.2 Å². The molecular weight excluding hydrogens is 236 g/mol. The molecule has 1 atom stereocenters. The van der Waals surface area contributed by atoms with Crippen LogP contribution in [0.5, 0.6) is 0 Å². The van der Waals surface area contributed by atoms with Crippen molar-refractivity contribution in [3.05, 3.63) is 11.8 Å². The van der Waals surface area contributed by atoms with Gasteiger partial charge in [-0.2, -0.15) is 0 Å². The van der Waals surface area contributed by atoms with Crippen molar-refractivity contribution in [3.63, 3.8) is 0 Å². The molecule has 0 aromatic rings. The molecule has 1 aliphatic carbocycles. The van der Waals surface area contributed by atoms with Gasteiger partial charge in [0.05, 0.1) is 12.9 Å². The van der Waals surface area contributed by atoms with E-state index < -0.39 is 0 Å². The lowest BCUT2D eigenvalue weighted by Crippen LogP contribution is -2.60. The first-order chi connectivity index (χ1) is 9.20. The van der Waals surface area contributed by atoms with E-state index in [0.29, 0.717) is 6.04 Å². The van der Waals surface area contributed by atoms with E-state index in [4.69, 9.17) is 4.74 Å². The fraction of sp³-hybridized carbons (Fsp3) is 0.875. The molecule has 110 valence electrons. The largest absolute Gasteiger partial charge is 0.501 e. The summed E-state index contributed by atoms with van der Waals surface area (Å²) in [4.78, 5) is 2.47. The van der Waals surface area contributed by atoms with Crippen LogP contribution in [0.1, 0.15) is 51.9 Å². The number of hydrogen-bond acceptors (Lipinski definition) is 3. The van der Waals surface area contributed by atoms with E-state index in [2.05, 4.69) is 31.2 Å². The Kier molecular flexibility index (Phi) is 5.28. The van der Waals surface area contributed by atoms with Gasteiger partial charge >= 0.3 is 0 Å². The van der Waals surface area contributed by atoms with E-state index >= 15 is 0 Å². The van der Waals surface area contributed by atoms with Gasteiger partial charge in [-0.3, -0.25) is 0 Å². The lowest BCUT2D eigenvalue weighted by molar-refractivity contribution is 0.0649. The molecule has 0 aromatic heterocycles. The molecule has 0 spiro atoms. The monoisotopic (exact) mass is 266 g/mol. The van der Waals surface area contributed by atoms with Crippen LogP contribution in [0.2, 0.25) is 0 Å². The Morgan fingerprint density at radius 2 is 2.00 bits per heavy atom. The minimum absolute atomic E-state index is 0.279. The van der Waals surface area contributed by atoms with Gasteiger partial charge in [-0.1, -0.05) is 26.2 Å². The summed E-state index contributed by atoms with van der Waals surface area (Å²) in [6.45, 7) is 4.12. The van der Waals surface area contributed by atoms with Crippen LogP contribution in [0.15, 0.2) is 11.8 Å². The van der Waals surface area contributed by atoms with E-state index in [9.17, 15) is 0 Å². The van der Waals surface area contributed by atoms with Gasteiger partial charge < -0.3 is 15.0 Å². The number of nitrogens with zero attached hydrogens (tertiary/aromatic N) is 1. The molecule has 1 aliphatic heterocycles. The highest BCUT2D eigenvalue weighted by atomic mass is 16.5. The van der Waals surface area contributed by atoms with Crippen molar-refractivity contribution < 1.29 is 4.74 Å². The summed E-state index contributed by atoms with van der Waals surface area (Å²) in [6, 6.07) is 0.452. The quantitative estimate of drug-likeness (QED) is 0.828. The maximum absolute atomic E-state index is 5.60. The summed E-state index contributed by atoms with van der Waals surface area (Å²) in [6.07, 6.45) is 11.1. The minimum atomic E-state index is 0.279. The summed E-state index contributed by atoms with van der Waals surface area (Å²) >= 11 is 0. The summed E-state index contributed by atoms with van der Waals surface area (Å²) in [5.74, 6) is 0. The van der Waals surface area contributed by atoms with Crippen molar-refractivity contribution in [1.29, 1.82) is 0 Å². The Bertz CT molecular complexity index is 306. The topological polar surface area (TPSA) is 24.5 Å². The fourth-order valence-corrected chi connectivity index (χ4v) is 3.83. The summed E-state index contributed by atoms with van der Waals surface area (Å²) < 4.78 is 5.60. The average Bonchev–Trinajstić information content (AvgIpc) is 2.46. The van der Waals surface area contributed by atoms with E-state index in [1.54, 1.807) is 0 Å². The van der Waals surface area contributed by atoms with Crippen LogP contribution < -0.4 is 5.32 Å². The number of nitrogens with one attached hydrogen (secondary N) is 1. The molecule has 0 amide bonds. The first kappa shape index (κ1) is 14.9. The number of ether oxygens (including phenoxy) is 1. The summed E-state index contributed by atoms with van der Waals surface area (Å²) in [5.41, 5.74) is 1.75. The van der Waals surface area contributed by atoms with Crippen molar-refractivity contribution in [2.45, 2.75) is 63.5 Å². The zero-order valence-corrected chi connectivity index (χ0v) is 12.9. The van der Waals surface area contributed by atoms with Gasteiger partial charge in [0, 0.05) is 11.6 Å². The predicted molar refractivity (Wildman–Crippen MR) is 80.2 cm³/mol. The van der Waals surface area contributed by atoms with Gasteiger partial charge in [0.1, 0.15) is 0 Å². The maximum Gasteiger partial charge on any atom is 0.0876 e. The number of rotatable bonds is 5. The second-order valence-electron chi connectivity index (χ2n) is 6.22. The van der Waals surface area contributed by atoms with Crippen LogP contribution in [-0.2, 0) is 4.74 Å². The second-order valence-corrected chi connectivity index (χ2v) is 6.22. The van der Waals surface area contributed by atoms with Crippen LogP contribution in [-0.4, -0.2) is 43.7 Å². The van der Waals surface area contributed by atoms with Gasteiger partial charge in [-0.05, 0) is 51.9 Å². The molecular formula is C16H30N2O. The van der Waals surface area contributed by atoms with E-state index in [-0.39, 0.29) is 5.54 Å². The van der Waals surface area contributed by atoms with Gasteiger partial charge in [0.2, 0.25) is 0 Å². The molecule has 2 aliphatic rings. The van der Waals surface area contributed by atoms with Crippen molar-refractivity contribution in [3.8, 4) is 0 Å². The molecule has 3 nitrogen and oxygen atoms in total. The molecule has 1 saturated carbocycles. The van der Waals surface area contributed by atoms with Crippen molar-refractivity contribution in [2.75, 3.05) is 27.2 Å². The maximum atomic E-state index is 5.60. The molecule has 1 fully saturated rings. The van der Waals surface area contributed by atoms with Crippen LogP contribution >= 0.6 is 0 Å². The normalized spacial score (nSPS) is 24.7. The third-order valence-electron chi connectivity index (χ3n) is 4.89. The minimum Gasteiger partial charge on any atom is -0.501 e. The third-order valence-corrected chi connectivity index (χ3v) is 4.89. The van der Waals surface area contributed by atoms with Crippen molar-refractivity contribution in [2.24, 2.45) is 0 Å². The lowest BCUT2D eigenvalue weighted by atomic mass is 9.72. The fourth-order valence-electron chi connectivity index (χ4n) is 3.83. The molecule has 1 N–H and O–H groups in total. The summed E-state index contributed by atoms with van der Waals surface area (Å²) in [7, 11) is 4.50. The van der Waals surface area contributed by atoms with E-state index in [1.165, 1.54) is 44.1 Å². The zero-order chi connectivity index (χ0) is 13.7. The van der Waals surface area contributed by atoms with Crippen molar-refractivity contribution >= 4 is 0 Å². The van der Waals surface area contributed by atoms with Gasteiger partial charge in [-0.15, -0.1) is 0 Å². The SMILES string of the molecule is CCNC(C1=COCCC1)C1(N(C)C)CCCCC1. The zero-order valence-electron chi connectivity index (χ0n) is 12.9. The molecule has 1 heterocycles. The van der Waals surface area contributed by atoms with Gasteiger partial charge in [0.25, 0.3) is 0 Å². The highest BCUT2D eigenvalue weighted by Crippen LogP contribution is 2.39. The Balaban J connectivity index is 2.25. The molecule has 0 radical (unpaired) electrons. The first-order valence-electron chi connectivity index (χ1n) is 7.92. The van der Waals surface area contributed by atoms with Gasteiger partial charge in [0.15, 0.2) is 0 Å². The van der Waals surface area contributed by atoms with Gasteiger partial charge in [-0.25, -0.2) is 0 Å². The Labute approximate surface area is 118 Å². The lowest BCUT2D eigenvalue weighted by Gasteiger charge is -2.50. The number of hydrogen-bond donors (Lipinski definition) is 1. The molecule has 2 rings (SSSR count). The molecule has 1 unspecified atom stereocenters. The van der Waals surface area contributed by atoms with E-state index in [0.717, 1.165) is 19.6 Å². The Morgan fingerprint density at radius 3 is 2.53 bits per heavy atom. The smallest absolute Gasteiger partial charge is 0.0876 e. The molecule has 0 aromatic carbocycles. The molecule has 0 saturated heterocycles. The summed E-state index contributed by atoms with van der Waals surface area (Å²) in [5, 5.41) is 3.75. The highest BCUT2D eigenvalue weighted by molar-refractivity contribution is 5.20.